The van der Waals surface area contributed by atoms with Crippen LogP contribution in [0.3, 0.4) is 0 Å². The Morgan fingerprint density at radius 1 is 1.26 bits per heavy atom. The Balaban J connectivity index is 1.81. The molecule has 1 aromatic heterocycles. The zero-order valence-corrected chi connectivity index (χ0v) is 10.5. The van der Waals surface area contributed by atoms with Gasteiger partial charge in [-0.05, 0) is 42.5 Å². The van der Waals surface area contributed by atoms with E-state index in [9.17, 15) is 4.79 Å². The van der Waals surface area contributed by atoms with Gasteiger partial charge in [0.1, 0.15) is 0 Å². The molecule has 0 amide bonds. The summed E-state index contributed by atoms with van der Waals surface area (Å²) in [6.07, 6.45) is 5.30. The minimum atomic E-state index is -0.0560. The lowest BCUT2D eigenvalue weighted by molar-refractivity contribution is 0.104. The van der Waals surface area contributed by atoms with E-state index in [-0.39, 0.29) is 12.6 Å². The predicted octanol–water partition coefficient (Wildman–Crippen LogP) is 2.65. The SMILES string of the molecule is Cn1cccc1/C=C/C(=O)c1ccc2c(c1)OCO2. The second-order valence-electron chi connectivity index (χ2n) is 4.31. The molecule has 4 nitrogen and oxygen atoms in total. The van der Waals surface area contributed by atoms with E-state index in [4.69, 9.17) is 9.47 Å². The topological polar surface area (TPSA) is 40.5 Å². The molecule has 0 spiro atoms. The van der Waals surface area contributed by atoms with Gasteiger partial charge in [-0.25, -0.2) is 0 Å². The molecule has 0 radical (unpaired) electrons. The van der Waals surface area contributed by atoms with E-state index >= 15 is 0 Å². The van der Waals surface area contributed by atoms with Gasteiger partial charge in [0, 0.05) is 24.5 Å². The third-order valence-electron chi connectivity index (χ3n) is 3.05. The van der Waals surface area contributed by atoms with E-state index in [1.807, 2.05) is 29.9 Å². The molecule has 0 unspecified atom stereocenters. The van der Waals surface area contributed by atoms with E-state index in [2.05, 4.69) is 0 Å². The van der Waals surface area contributed by atoms with Crippen molar-refractivity contribution < 1.29 is 14.3 Å². The number of aryl methyl sites for hydroxylation is 1. The number of hydrogen-bond donors (Lipinski definition) is 0. The lowest BCUT2D eigenvalue weighted by atomic mass is 10.1. The maximum atomic E-state index is 12.1. The van der Waals surface area contributed by atoms with Crippen LogP contribution in [0.1, 0.15) is 16.1 Å². The molecule has 1 aromatic carbocycles. The summed E-state index contributed by atoms with van der Waals surface area (Å²) in [4.78, 5) is 12.1. The van der Waals surface area contributed by atoms with Crippen LogP contribution in [0, 0.1) is 0 Å². The third-order valence-corrected chi connectivity index (χ3v) is 3.05. The summed E-state index contributed by atoms with van der Waals surface area (Å²) in [5, 5.41) is 0. The first kappa shape index (κ1) is 11.6. The lowest BCUT2D eigenvalue weighted by Crippen LogP contribution is -1.95. The Morgan fingerprint density at radius 3 is 2.89 bits per heavy atom. The van der Waals surface area contributed by atoms with Crippen molar-refractivity contribution in [1.82, 2.24) is 4.57 Å². The summed E-state index contributed by atoms with van der Waals surface area (Å²) >= 11 is 0. The number of nitrogens with zero attached hydrogens (tertiary/aromatic N) is 1. The second-order valence-corrected chi connectivity index (χ2v) is 4.31. The highest BCUT2D eigenvalue weighted by atomic mass is 16.7. The molecule has 0 atom stereocenters. The largest absolute Gasteiger partial charge is 0.454 e. The van der Waals surface area contributed by atoms with Crippen LogP contribution in [0.15, 0.2) is 42.6 Å². The normalized spacial score (nSPS) is 13.1. The second kappa shape index (κ2) is 4.65. The lowest BCUT2D eigenvalue weighted by Gasteiger charge is -1.99. The van der Waals surface area contributed by atoms with Gasteiger partial charge in [-0.1, -0.05) is 0 Å². The third kappa shape index (κ3) is 2.25. The van der Waals surface area contributed by atoms with E-state index in [1.165, 1.54) is 0 Å². The first-order valence-electron chi connectivity index (χ1n) is 5.97. The van der Waals surface area contributed by atoms with E-state index in [0.29, 0.717) is 17.1 Å². The molecule has 96 valence electrons. The fourth-order valence-electron chi connectivity index (χ4n) is 1.95. The van der Waals surface area contributed by atoms with Crippen LogP contribution < -0.4 is 9.47 Å². The summed E-state index contributed by atoms with van der Waals surface area (Å²) in [5.74, 6) is 1.25. The zero-order valence-electron chi connectivity index (χ0n) is 10.5. The van der Waals surface area contributed by atoms with Gasteiger partial charge >= 0.3 is 0 Å². The molecule has 0 aliphatic carbocycles. The van der Waals surface area contributed by atoms with E-state index < -0.39 is 0 Å². The molecule has 0 N–H and O–H groups in total. The first-order valence-corrected chi connectivity index (χ1v) is 5.97. The van der Waals surface area contributed by atoms with Gasteiger partial charge in [-0.15, -0.1) is 0 Å². The van der Waals surface area contributed by atoms with Gasteiger partial charge < -0.3 is 14.0 Å². The Morgan fingerprint density at radius 2 is 2.11 bits per heavy atom. The van der Waals surface area contributed by atoms with Crippen molar-refractivity contribution in [3.05, 3.63) is 53.9 Å². The number of hydrogen-bond acceptors (Lipinski definition) is 3. The minimum absolute atomic E-state index is 0.0560. The first-order chi connectivity index (χ1) is 9.24. The number of carbonyl (C=O) groups is 1. The molecule has 1 aliphatic rings. The molecule has 4 heteroatoms. The Labute approximate surface area is 110 Å². The fraction of sp³-hybridized carbons (Fsp3) is 0.133. The molecule has 19 heavy (non-hydrogen) atoms. The van der Waals surface area contributed by atoms with Crippen LogP contribution in [0.2, 0.25) is 0 Å². The number of ketones is 1. The quantitative estimate of drug-likeness (QED) is 0.625. The maximum absolute atomic E-state index is 12.1. The Hall–Kier alpha value is -2.49. The van der Waals surface area contributed by atoms with Crippen LogP contribution in [0.25, 0.3) is 6.08 Å². The van der Waals surface area contributed by atoms with Gasteiger partial charge in [0.15, 0.2) is 17.3 Å². The number of carbonyl (C=O) groups excluding carboxylic acids is 1. The highest BCUT2D eigenvalue weighted by Crippen LogP contribution is 2.32. The van der Waals surface area contributed by atoms with Gasteiger partial charge in [-0.3, -0.25) is 4.79 Å². The zero-order chi connectivity index (χ0) is 13.2. The number of aromatic nitrogens is 1. The highest BCUT2D eigenvalue weighted by Gasteiger charge is 2.14. The molecular weight excluding hydrogens is 242 g/mol. The highest BCUT2D eigenvalue weighted by molar-refractivity contribution is 6.07. The molecule has 1 aliphatic heterocycles. The smallest absolute Gasteiger partial charge is 0.231 e. The summed E-state index contributed by atoms with van der Waals surface area (Å²) in [6.45, 7) is 0.214. The number of fused-ring (bicyclic) bond motifs is 1. The Bertz CT molecular complexity index is 655. The summed E-state index contributed by atoms with van der Waals surface area (Å²) in [6, 6.07) is 9.09. The fourth-order valence-corrected chi connectivity index (χ4v) is 1.95. The molecule has 2 aromatic rings. The molecule has 0 fully saturated rings. The van der Waals surface area contributed by atoms with Crippen molar-refractivity contribution in [2.24, 2.45) is 7.05 Å². The number of rotatable bonds is 3. The number of ether oxygens (including phenoxy) is 2. The van der Waals surface area contributed by atoms with Crippen LogP contribution >= 0.6 is 0 Å². The van der Waals surface area contributed by atoms with Crippen molar-refractivity contribution >= 4 is 11.9 Å². The molecule has 0 bridgehead atoms. The number of benzene rings is 1. The summed E-state index contributed by atoms with van der Waals surface area (Å²) in [7, 11) is 1.94. The van der Waals surface area contributed by atoms with Gasteiger partial charge in [-0.2, -0.15) is 0 Å². The van der Waals surface area contributed by atoms with E-state index in [1.54, 1.807) is 30.4 Å². The van der Waals surface area contributed by atoms with Gasteiger partial charge in [0.2, 0.25) is 6.79 Å². The van der Waals surface area contributed by atoms with Crippen LogP contribution in [0.4, 0.5) is 0 Å². The van der Waals surface area contributed by atoms with Gasteiger partial charge in [0.05, 0.1) is 0 Å². The van der Waals surface area contributed by atoms with Crippen molar-refractivity contribution in [3.8, 4) is 11.5 Å². The van der Waals surface area contributed by atoms with Gasteiger partial charge in [0.25, 0.3) is 0 Å². The monoisotopic (exact) mass is 255 g/mol. The van der Waals surface area contributed by atoms with Crippen LogP contribution in [-0.2, 0) is 7.05 Å². The van der Waals surface area contributed by atoms with E-state index in [0.717, 1.165) is 5.69 Å². The Kier molecular flexibility index (Phi) is 2.83. The van der Waals surface area contributed by atoms with Crippen molar-refractivity contribution in [2.45, 2.75) is 0 Å². The number of allylic oxidation sites excluding steroid dienone is 1. The minimum Gasteiger partial charge on any atom is -0.454 e. The van der Waals surface area contributed by atoms with Crippen LogP contribution in [-0.4, -0.2) is 17.1 Å². The standard InChI is InChI=1S/C15H13NO3/c1-16-8-2-3-12(16)5-6-13(17)11-4-7-14-15(9-11)19-10-18-14/h2-9H,10H2,1H3/b6-5+. The summed E-state index contributed by atoms with van der Waals surface area (Å²) < 4.78 is 12.4. The summed E-state index contributed by atoms with van der Waals surface area (Å²) in [5.41, 5.74) is 1.57. The van der Waals surface area contributed by atoms with Crippen molar-refractivity contribution in [1.29, 1.82) is 0 Å². The molecule has 0 saturated heterocycles. The van der Waals surface area contributed by atoms with Crippen LogP contribution in [0.5, 0.6) is 11.5 Å². The average molecular weight is 255 g/mol. The molecule has 3 rings (SSSR count). The molecule has 0 saturated carbocycles. The van der Waals surface area contributed by atoms with Crippen molar-refractivity contribution in [3.63, 3.8) is 0 Å². The van der Waals surface area contributed by atoms with Crippen molar-refractivity contribution in [2.75, 3.05) is 6.79 Å². The maximum Gasteiger partial charge on any atom is 0.231 e. The average Bonchev–Trinajstić information content (AvgIpc) is 3.03. The molecule has 2 heterocycles. The molecular formula is C15H13NO3. The predicted molar refractivity (Wildman–Crippen MR) is 71.3 cm³/mol.